The fourth-order valence-electron chi connectivity index (χ4n) is 0.386. The summed E-state index contributed by atoms with van der Waals surface area (Å²) in [6, 6.07) is 0. The van der Waals surface area contributed by atoms with Gasteiger partial charge in [-0.2, -0.15) is 0 Å². The first kappa shape index (κ1) is 9.43. The zero-order valence-electron chi connectivity index (χ0n) is 6.19. The zero-order valence-corrected chi connectivity index (χ0v) is 9.34. The summed E-state index contributed by atoms with van der Waals surface area (Å²) in [6.07, 6.45) is 4.21. The van der Waals surface area contributed by atoms with E-state index >= 15 is 0 Å². The molecule has 0 saturated heterocycles. The second-order valence-corrected chi connectivity index (χ2v) is 8.83. The summed E-state index contributed by atoms with van der Waals surface area (Å²) in [4.78, 5) is 0. The van der Waals surface area contributed by atoms with Crippen LogP contribution in [-0.2, 0) is 0 Å². The van der Waals surface area contributed by atoms with Gasteiger partial charge in [0.25, 0.3) is 0 Å². The van der Waals surface area contributed by atoms with Gasteiger partial charge in [-0.15, -0.1) is 0 Å². The molecule has 0 saturated carbocycles. The van der Waals surface area contributed by atoms with Gasteiger partial charge in [0.1, 0.15) is 0 Å². The number of hydrogen-bond acceptors (Lipinski definition) is 0. The van der Waals surface area contributed by atoms with Crippen molar-refractivity contribution in [1.29, 1.82) is 0 Å². The molecule has 0 atom stereocenters. The van der Waals surface area contributed by atoms with Crippen LogP contribution in [0, 0.1) is 0 Å². The van der Waals surface area contributed by atoms with Crippen molar-refractivity contribution in [3.63, 3.8) is 0 Å². The highest BCUT2D eigenvalue weighted by atomic mass is 127. The molecule has 0 fully saturated rings. The van der Waals surface area contributed by atoms with Gasteiger partial charge in [-0.05, 0) is 4.08 Å². The Balaban J connectivity index is 3.71. The lowest BCUT2D eigenvalue weighted by molar-refractivity contribution is 1.76. The maximum atomic E-state index is 2.32. The van der Waals surface area contributed by atoms with Crippen molar-refractivity contribution >= 4 is 30.7 Å². The summed E-state index contributed by atoms with van der Waals surface area (Å²) < 4.78 is 2.02. The van der Waals surface area contributed by atoms with Crippen LogP contribution in [-0.4, -0.2) is 8.07 Å². The van der Waals surface area contributed by atoms with E-state index in [-0.39, 0.29) is 0 Å². The van der Waals surface area contributed by atoms with Crippen LogP contribution in [0.4, 0.5) is 0 Å². The predicted octanol–water partition coefficient (Wildman–Crippen LogP) is 3.37. The number of hydrogen-bond donors (Lipinski definition) is 0. The summed E-state index contributed by atoms with van der Waals surface area (Å²) in [6.45, 7) is 6.97. The molecule has 0 nitrogen and oxygen atoms in total. The third-order valence-electron chi connectivity index (χ3n) is 0.780. The molecular weight excluding hydrogens is 239 g/mol. The van der Waals surface area contributed by atoms with Crippen LogP contribution in [0.2, 0.25) is 19.6 Å². The van der Waals surface area contributed by atoms with E-state index in [0.717, 1.165) is 0 Å². The molecule has 0 aliphatic rings. The van der Waals surface area contributed by atoms with Gasteiger partial charge in [-0.3, -0.25) is 0 Å². The SMILES string of the molecule is C[Si](C)(C)C=CC=CI. The lowest BCUT2D eigenvalue weighted by atomic mass is 10.6. The monoisotopic (exact) mass is 252 g/mol. The number of halogens is 1. The Hall–Kier alpha value is 0.427. The highest BCUT2D eigenvalue weighted by molar-refractivity contribution is 14.1. The fourth-order valence-corrected chi connectivity index (χ4v) is 1.31. The zero-order chi connectivity index (χ0) is 7.33. The second-order valence-electron chi connectivity index (χ2n) is 3.04. The fraction of sp³-hybridized carbons (Fsp3) is 0.429. The Morgan fingerprint density at radius 3 is 2.00 bits per heavy atom. The molecule has 0 amide bonds. The normalized spacial score (nSPS) is 13.8. The molecule has 0 spiro atoms. The van der Waals surface area contributed by atoms with E-state index in [1.165, 1.54) is 0 Å². The highest BCUT2D eigenvalue weighted by Crippen LogP contribution is 2.01. The van der Waals surface area contributed by atoms with Crippen molar-refractivity contribution in [2.45, 2.75) is 19.6 Å². The van der Waals surface area contributed by atoms with E-state index < -0.39 is 8.07 Å². The largest absolute Gasteiger partial charge is 0.0950 e. The Morgan fingerprint density at radius 2 is 1.67 bits per heavy atom. The van der Waals surface area contributed by atoms with Gasteiger partial charge in [-0.25, -0.2) is 0 Å². The van der Waals surface area contributed by atoms with Crippen molar-refractivity contribution in [2.75, 3.05) is 0 Å². The van der Waals surface area contributed by atoms with Gasteiger partial charge in [0, 0.05) is 0 Å². The quantitative estimate of drug-likeness (QED) is 0.401. The van der Waals surface area contributed by atoms with Crippen LogP contribution < -0.4 is 0 Å². The van der Waals surface area contributed by atoms with Gasteiger partial charge in [0.2, 0.25) is 0 Å². The Morgan fingerprint density at radius 1 is 1.11 bits per heavy atom. The maximum absolute atomic E-state index is 2.32. The summed E-state index contributed by atoms with van der Waals surface area (Å²) in [7, 11) is -0.930. The second kappa shape index (κ2) is 4.28. The molecule has 0 aromatic rings. The molecule has 0 aliphatic heterocycles. The van der Waals surface area contributed by atoms with E-state index in [1.54, 1.807) is 0 Å². The van der Waals surface area contributed by atoms with Gasteiger partial charge in [0.05, 0.1) is 8.07 Å². The van der Waals surface area contributed by atoms with Gasteiger partial charge in [-0.1, -0.05) is 60.1 Å². The standard InChI is InChI=1S/C7H13ISi/c1-9(2,3)7-5-4-6-8/h4-7H,1-3H3. The van der Waals surface area contributed by atoms with Crippen LogP contribution in [0.5, 0.6) is 0 Å². The van der Waals surface area contributed by atoms with E-state index in [4.69, 9.17) is 0 Å². The summed E-state index contributed by atoms with van der Waals surface area (Å²) in [5.41, 5.74) is 2.32. The van der Waals surface area contributed by atoms with Crippen molar-refractivity contribution in [2.24, 2.45) is 0 Å². The van der Waals surface area contributed by atoms with Crippen LogP contribution in [0.3, 0.4) is 0 Å². The molecule has 52 valence electrons. The molecule has 0 heterocycles. The lowest BCUT2D eigenvalue weighted by Gasteiger charge is -2.06. The van der Waals surface area contributed by atoms with Crippen LogP contribution in [0.1, 0.15) is 0 Å². The maximum Gasteiger partial charge on any atom is 0.0687 e. The average Bonchev–Trinajstić information content (AvgIpc) is 1.63. The van der Waals surface area contributed by atoms with Crippen LogP contribution >= 0.6 is 22.6 Å². The lowest BCUT2D eigenvalue weighted by Crippen LogP contribution is -2.14. The minimum atomic E-state index is -0.930. The third kappa shape index (κ3) is 8.43. The molecule has 0 rings (SSSR count). The minimum absolute atomic E-state index is 0.930. The first-order chi connectivity index (χ1) is 4.06. The Bertz CT molecular complexity index is 119. The van der Waals surface area contributed by atoms with E-state index in [2.05, 4.69) is 60.1 Å². The third-order valence-corrected chi connectivity index (χ3v) is 2.39. The highest BCUT2D eigenvalue weighted by Gasteiger charge is 2.05. The molecule has 0 unspecified atom stereocenters. The summed E-state index contributed by atoms with van der Waals surface area (Å²) in [5.74, 6) is 0. The smallest absolute Gasteiger partial charge is 0.0687 e. The molecule has 0 aromatic carbocycles. The summed E-state index contributed by atoms with van der Waals surface area (Å²) >= 11 is 2.22. The number of rotatable bonds is 2. The molecule has 2 heteroatoms. The van der Waals surface area contributed by atoms with E-state index in [0.29, 0.717) is 0 Å². The van der Waals surface area contributed by atoms with Crippen molar-refractivity contribution in [3.8, 4) is 0 Å². The van der Waals surface area contributed by atoms with Crippen LogP contribution in [0.25, 0.3) is 0 Å². The van der Waals surface area contributed by atoms with E-state index in [1.807, 2.05) is 4.08 Å². The van der Waals surface area contributed by atoms with Crippen molar-refractivity contribution < 1.29 is 0 Å². The number of allylic oxidation sites excluding steroid dienone is 2. The molecule has 0 bridgehead atoms. The Kier molecular flexibility index (Phi) is 4.48. The summed E-state index contributed by atoms with van der Waals surface area (Å²) in [5, 5.41) is 0. The predicted molar refractivity (Wildman–Crippen MR) is 55.6 cm³/mol. The topological polar surface area (TPSA) is 0 Å². The van der Waals surface area contributed by atoms with Crippen molar-refractivity contribution in [1.82, 2.24) is 0 Å². The van der Waals surface area contributed by atoms with E-state index in [9.17, 15) is 0 Å². The molecule has 0 aromatic heterocycles. The first-order valence-corrected chi connectivity index (χ1v) is 7.83. The van der Waals surface area contributed by atoms with Gasteiger partial charge in [0.15, 0.2) is 0 Å². The van der Waals surface area contributed by atoms with Crippen molar-refractivity contribution in [3.05, 3.63) is 21.9 Å². The molecule has 9 heavy (non-hydrogen) atoms. The molecule has 0 N–H and O–H groups in total. The Labute approximate surface area is 72.2 Å². The average molecular weight is 252 g/mol. The first-order valence-electron chi connectivity index (χ1n) is 3.01. The minimum Gasteiger partial charge on any atom is -0.0950 e. The molecule has 0 aliphatic carbocycles. The van der Waals surface area contributed by atoms with Gasteiger partial charge >= 0.3 is 0 Å². The van der Waals surface area contributed by atoms with Gasteiger partial charge < -0.3 is 0 Å². The molecular formula is C7H13ISi. The van der Waals surface area contributed by atoms with Crippen LogP contribution in [0.15, 0.2) is 21.9 Å². The molecule has 0 radical (unpaired) electrons.